The van der Waals surface area contributed by atoms with Crippen LogP contribution in [-0.2, 0) is 0 Å². The summed E-state index contributed by atoms with van der Waals surface area (Å²) in [5.74, 6) is 0.405. The quantitative estimate of drug-likeness (QED) is 0.504. The monoisotopic (exact) mass is 332 g/mol. The number of hydrazone groups is 1. The molecule has 0 saturated carbocycles. The summed E-state index contributed by atoms with van der Waals surface area (Å²) in [4.78, 5) is 0. The predicted molar refractivity (Wildman–Crippen MR) is 78.7 cm³/mol. The Hall–Kier alpha value is -2.48. The number of fused-ring (bicyclic) bond motifs is 1. The van der Waals surface area contributed by atoms with Crippen molar-refractivity contribution in [3.05, 3.63) is 40.4 Å². The lowest BCUT2D eigenvalue weighted by Crippen LogP contribution is -1.94. The van der Waals surface area contributed by atoms with E-state index in [1.54, 1.807) is 6.07 Å². The summed E-state index contributed by atoms with van der Waals surface area (Å²) < 4.78 is 0.975. The molecular weight excluding hydrogens is 324 g/mol. The van der Waals surface area contributed by atoms with Crippen molar-refractivity contribution in [1.29, 1.82) is 0 Å². The molecule has 8 heteroatoms. The molecule has 0 atom stereocenters. The number of phenols is 1. The smallest absolute Gasteiger partial charge is 0.283 e. The normalized spacial score (nSPS) is 11.2. The lowest BCUT2D eigenvalue weighted by atomic mass is 10.0. The average molecular weight is 333 g/mol. The van der Waals surface area contributed by atoms with Gasteiger partial charge in [-0.15, -0.1) is 5.10 Å². The van der Waals surface area contributed by atoms with Crippen molar-refractivity contribution in [3.63, 3.8) is 0 Å². The van der Waals surface area contributed by atoms with Gasteiger partial charge in [0.25, 0.3) is 5.95 Å². The number of aromatic amines is 1. The number of aromatic nitrogens is 4. The second kappa shape index (κ2) is 5.25. The molecule has 0 fully saturated rings. The van der Waals surface area contributed by atoms with Crippen molar-refractivity contribution in [2.24, 2.45) is 5.10 Å². The largest absolute Gasteiger partial charge is 0.507 e. The second-order valence-electron chi connectivity index (χ2n) is 3.97. The zero-order valence-electron chi connectivity index (χ0n) is 10.1. The predicted octanol–water partition coefficient (Wildman–Crippen LogP) is 2.27. The van der Waals surface area contributed by atoms with Crippen molar-refractivity contribution in [2.75, 3.05) is 5.43 Å². The number of halogens is 1. The fraction of sp³-hybridized carbons (Fsp3) is 0. The molecule has 0 aliphatic carbocycles. The summed E-state index contributed by atoms with van der Waals surface area (Å²) in [6.07, 6.45) is 1.52. The number of nitrogens with one attached hydrogen (secondary N) is 2. The number of hydrogen-bond donors (Lipinski definition) is 3. The first-order chi connectivity index (χ1) is 9.74. The van der Waals surface area contributed by atoms with Gasteiger partial charge in [0.05, 0.1) is 6.21 Å². The number of anilines is 1. The third-order valence-electron chi connectivity index (χ3n) is 2.70. The van der Waals surface area contributed by atoms with Crippen LogP contribution in [0.3, 0.4) is 0 Å². The summed E-state index contributed by atoms with van der Waals surface area (Å²) >= 11 is 3.42. The number of phenolic OH excluding ortho intramolecular Hbond substituents is 1. The van der Waals surface area contributed by atoms with Gasteiger partial charge in [-0.05, 0) is 34.2 Å². The number of H-pyrrole nitrogens is 1. The Bertz CT molecular complexity index is 771. The van der Waals surface area contributed by atoms with Crippen LogP contribution in [-0.4, -0.2) is 31.9 Å². The Balaban J connectivity index is 1.97. The fourth-order valence-electron chi connectivity index (χ4n) is 1.81. The minimum atomic E-state index is 0.151. The summed E-state index contributed by atoms with van der Waals surface area (Å²) in [5.41, 5.74) is 3.23. The van der Waals surface area contributed by atoms with Crippen LogP contribution in [0, 0.1) is 0 Å². The van der Waals surface area contributed by atoms with Gasteiger partial charge < -0.3 is 5.11 Å². The second-order valence-corrected chi connectivity index (χ2v) is 4.88. The number of nitrogens with zero attached hydrogens (tertiary/aromatic N) is 4. The molecular formula is C12H9BrN6O. The first-order valence-electron chi connectivity index (χ1n) is 5.68. The average Bonchev–Trinajstić information content (AvgIpc) is 2.94. The van der Waals surface area contributed by atoms with Crippen LogP contribution in [0.25, 0.3) is 10.8 Å². The fourth-order valence-corrected chi connectivity index (χ4v) is 2.19. The van der Waals surface area contributed by atoms with E-state index < -0.39 is 0 Å². The summed E-state index contributed by atoms with van der Waals surface area (Å²) in [7, 11) is 0. The first kappa shape index (κ1) is 12.5. The molecule has 3 N–H and O–H groups in total. The maximum atomic E-state index is 9.95. The van der Waals surface area contributed by atoms with E-state index in [0.29, 0.717) is 5.56 Å². The molecule has 1 aromatic heterocycles. The molecule has 0 aliphatic rings. The Morgan fingerprint density at radius 1 is 1.30 bits per heavy atom. The zero-order chi connectivity index (χ0) is 13.9. The third-order valence-corrected chi connectivity index (χ3v) is 3.20. The van der Waals surface area contributed by atoms with Crippen LogP contribution in [0.4, 0.5) is 5.95 Å². The van der Waals surface area contributed by atoms with Gasteiger partial charge in [0, 0.05) is 10.0 Å². The Morgan fingerprint density at radius 2 is 2.20 bits per heavy atom. The van der Waals surface area contributed by atoms with E-state index in [0.717, 1.165) is 15.2 Å². The lowest BCUT2D eigenvalue weighted by Gasteiger charge is -2.05. The van der Waals surface area contributed by atoms with Gasteiger partial charge in [0.1, 0.15) is 5.75 Å². The third kappa shape index (κ3) is 2.45. The number of rotatable bonds is 3. The summed E-state index contributed by atoms with van der Waals surface area (Å²) in [6.45, 7) is 0. The zero-order valence-corrected chi connectivity index (χ0v) is 11.7. The molecule has 7 nitrogen and oxygen atoms in total. The molecule has 0 unspecified atom stereocenters. The molecule has 3 rings (SSSR count). The van der Waals surface area contributed by atoms with E-state index >= 15 is 0 Å². The molecule has 0 aliphatic heterocycles. The standard InChI is InChI=1S/C12H9BrN6O/c13-8-2-3-9-7(5-8)1-4-11(20)10(9)6-14-15-12-16-18-19-17-12/h1-6,20H,(H2,15,16,17,18,19). The van der Waals surface area contributed by atoms with Crippen molar-refractivity contribution >= 4 is 38.9 Å². The Morgan fingerprint density at radius 3 is 3.00 bits per heavy atom. The minimum Gasteiger partial charge on any atom is -0.507 e. The SMILES string of the molecule is Oc1ccc2cc(Br)ccc2c1C=NNc1nn[nH]n1. The van der Waals surface area contributed by atoms with E-state index in [-0.39, 0.29) is 11.7 Å². The Labute approximate surface area is 121 Å². The minimum absolute atomic E-state index is 0.151. The van der Waals surface area contributed by atoms with E-state index in [2.05, 4.69) is 47.1 Å². The van der Waals surface area contributed by atoms with Gasteiger partial charge >= 0.3 is 0 Å². The van der Waals surface area contributed by atoms with Crippen LogP contribution in [0.2, 0.25) is 0 Å². The Kier molecular flexibility index (Phi) is 3.30. The van der Waals surface area contributed by atoms with Gasteiger partial charge in [-0.2, -0.15) is 10.3 Å². The van der Waals surface area contributed by atoms with E-state index in [4.69, 9.17) is 0 Å². The maximum Gasteiger partial charge on any atom is 0.283 e. The molecule has 3 aromatic rings. The van der Waals surface area contributed by atoms with Gasteiger partial charge in [-0.3, -0.25) is 0 Å². The van der Waals surface area contributed by atoms with Crippen LogP contribution in [0.1, 0.15) is 5.56 Å². The molecule has 0 spiro atoms. The van der Waals surface area contributed by atoms with E-state index in [1.807, 2.05) is 24.3 Å². The highest BCUT2D eigenvalue weighted by atomic mass is 79.9. The number of hydrogen-bond acceptors (Lipinski definition) is 6. The van der Waals surface area contributed by atoms with Crippen molar-refractivity contribution in [2.45, 2.75) is 0 Å². The lowest BCUT2D eigenvalue weighted by molar-refractivity contribution is 0.475. The van der Waals surface area contributed by atoms with Gasteiger partial charge in [0.15, 0.2) is 0 Å². The molecule has 20 heavy (non-hydrogen) atoms. The van der Waals surface area contributed by atoms with E-state index in [1.165, 1.54) is 6.21 Å². The van der Waals surface area contributed by atoms with Crippen molar-refractivity contribution < 1.29 is 5.11 Å². The van der Waals surface area contributed by atoms with Crippen LogP contribution < -0.4 is 5.43 Å². The summed E-state index contributed by atoms with van der Waals surface area (Å²) in [5, 5.41) is 28.9. The van der Waals surface area contributed by atoms with Crippen LogP contribution >= 0.6 is 15.9 Å². The molecule has 0 bridgehead atoms. The van der Waals surface area contributed by atoms with Gasteiger partial charge in [-0.25, -0.2) is 5.43 Å². The van der Waals surface area contributed by atoms with Crippen LogP contribution in [0.15, 0.2) is 39.9 Å². The highest BCUT2D eigenvalue weighted by Gasteiger charge is 2.05. The highest BCUT2D eigenvalue weighted by molar-refractivity contribution is 9.10. The van der Waals surface area contributed by atoms with Crippen molar-refractivity contribution in [1.82, 2.24) is 20.6 Å². The molecule has 1 heterocycles. The first-order valence-corrected chi connectivity index (χ1v) is 6.47. The molecule has 0 amide bonds. The molecule has 2 aromatic carbocycles. The topological polar surface area (TPSA) is 99.1 Å². The van der Waals surface area contributed by atoms with Crippen LogP contribution in [0.5, 0.6) is 5.75 Å². The molecule has 0 radical (unpaired) electrons. The van der Waals surface area contributed by atoms with Gasteiger partial charge in [0.2, 0.25) is 0 Å². The molecule has 0 saturated heterocycles. The highest BCUT2D eigenvalue weighted by Crippen LogP contribution is 2.27. The number of aromatic hydroxyl groups is 1. The number of tetrazole rings is 1. The maximum absolute atomic E-state index is 9.95. The molecule has 100 valence electrons. The summed E-state index contributed by atoms with van der Waals surface area (Å²) in [6, 6.07) is 9.27. The van der Waals surface area contributed by atoms with E-state index in [9.17, 15) is 5.11 Å². The number of benzene rings is 2. The van der Waals surface area contributed by atoms with Gasteiger partial charge in [-0.1, -0.05) is 33.2 Å². The van der Waals surface area contributed by atoms with Crippen molar-refractivity contribution in [3.8, 4) is 5.75 Å².